The summed E-state index contributed by atoms with van der Waals surface area (Å²) in [5.41, 5.74) is 4.59. The summed E-state index contributed by atoms with van der Waals surface area (Å²) in [5, 5.41) is 8.77. The SMILES string of the molecule is COC(=O)CN1CCc2ccc(Nc3ncc(F)c(NC4=C(NC=O)CCC4)n3)cc2C1. The van der Waals surface area contributed by atoms with E-state index >= 15 is 0 Å². The Labute approximate surface area is 185 Å². The Bertz CT molecular complexity index is 1060. The van der Waals surface area contributed by atoms with Crippen LogP contribution in [-0.4, -0.2) is 47.4 Å². The first-order valence-electron chi connectivity index (χ1n) is 10.5. The molecule has 10 heteroatoms. The molecule has 0 spiro atoms. The standard InChI is InChI=1S/C22H25FN6O3/c1-32-20(31)12-29-8-7-14-5-6-16(9-15(14)11-29)26-22-24-10-17(23)21(28-22)27-19-4-2-3-18(19)25-13-30/h5-6,9-10,13H,2-4,7-8,11-12H2,1H3,(H,25,30)(H2,24,26,27,28). The first-order chi connectivity index (χ1) is 15.6. The predicted molar refractivity (Wildman–Crippen MR) is 116 cm³/mol. The molecule has 168 valence electrons. The summed E-state index contributed by atoms with van der Waals surface area (Å²) >= 11 is 0. The molecule has 0 bridgehead atoms. The molecule has 1 aromatic carbocycles. The van der Waals surface area contributed by atoms with Crippen molar-refractivity contribution in [1.82, 2.24) is 20.2 Å². The van der Waals surface area contributed by atoms with Gasteiger partial charge in [0.2, 0.25) is 12.4 Å². The van der Waals surface area contributed by atoms with Crippen molar-refractivity contribution in [2.24, 2.45) is 0 Å². The quantitative estimate of drug-likeness (QED) is 0.424. The highest BCUT2D eigenvalue weighted by atomic mass is 19.1. The number of carbonyl (C=O) groups excluding carboxylic acids is 2. The summed E-state index contributed by atoms with van der Waals surface area (Å²) < 4.78 is 19.1. The minimum Gasteiger partial charge on any atom is -0.468 e. The molecule has 2 aromatic rings. The minimum atomic E-state index is -0.579. The average molecular weight is 440 g/mol. The van der Waals surface area contributed by atoms with Crippen molar-refractivity contribution in [1.29, 1.82) is 0 Å². The number of hydrogen-bond acceptors (Lipinski definition) is 8. The van der Waals surface area contributed by atoms with E-state index in [0.29, 0.717) is 19.4 Å². The van der Waals surface area contributed by atoms with E-state index in [1.54, 1.807) is 0 Å². The fourth-order valence-electron chi connectivity index (χ4n) is 3.97. The molecule has 1 amide bonds. The summed E-state index contributed by atoms with van der Waals surface area (Å²) in [6, 6.07) is 5.96. The molecule has 0 saturated heterocycles. The van der Waals surface area contributed by atoms with Crippen LogP contribution in [0.1, 0.15) is 30.4 Å². The van der Waals surface area contributed by atoms with Crippen LogP contribution in [0.5, 0.6) is 0 Å². The summed E-state index contributed by atoms with van der Waals surface area (Å²) in [6.45, 7) is 1.68. The normalized spacial score (nSPS) is 15.8. The lowest BCUT2D eigenvalue weighted by Gasteiger charge is -2.28. The number of carbonyl (C=O) groups is 2. The third-order valence-corrected chi connectivity index (χ3v) is 5.60. The third-order valence-electron chi connectivity index (χ3n) is 5.60. The molecule has 3 N–H and O–H groups in total. The molecule has 1 aliphatic heterocycles. The molecule has 0 saturated carbocycles. The molecule has 2 heterocycles. The first kappa shape index (κ1) is 21.7. The molecule has 1 aromatic heterocycles. The zero-order chi connectivity index (χ0) is 22.5. The molecule has 0 atom stereocenters. The number of ether oxygens (including phenoxy) is 1. The van der Waals surface area contributed by atoms with Crippen molar-refractivity contribution >= 4 is 29.8 Å². The second kappa shape index (κ2) is 9.73. The van der Waals surface area contributed by atoms with Gasteiger partial charge in [-0.3, -0.25) is 14.5 Å². The Morgan fingerprint density at radius 3 is 2.88 bits per heavy atom. The zero-order valence-electron chi connectivity index (χ0n) is 17.8. The highest BCUT2D eigenvalue weighted by molar-refractivity contribution is 5.71. The van der Waals surface area contributed by atoms with Crippen molar-refractivity contribution in [2.75, 3.05) is 30.8 Å². The number of nitrogens with zero attached hydrogens (tertiary/aromatic N) is 3. The highest BCUT2D eigenvalue weighted by Gasteiger charge is 2.20. The van der Waals surface area contributed by atoms with E-state index in [9.17, 15) is 14.0 Å². The molecule has 2 aliphatic rings. The van der Waals surface area contributed by atoms with Gasteiger partial charge in [0, 0.05) is 30.2 Å². The van der Waals surface area contributed by atoms with E-state index in [-0.39, 0.29) is 24.3 Å². The molecule has 4 rings (SSSR count). The van der Waals surface area contributed by atoms with Gasteiger partial charge in [0.25, 0.3) is 0 Å². The Hall–Kier alpha value is -3.53. The van der Waals surface area contributed by atoms with Gasteiger partial charge in [-0.25, -0.2) is 9.37 Å². The number of allylic oxidation sites excluding steroid dienone is 2. The van der Waals surface area contributed by atoms with E-state index in [0.717, 1.165) is 54.6 Å². The predicted octanol–water partition coefficient (Wildman–Crippen LogP) is 2.44. The fraction of sp³-hybridized carbons (Fsp3) is 0.364. The van der Waals surface area contributed by atoms with E-state index < -0.39 is 5.82 Å². The lowest BCUT2D eigenvalue weighted by atomic mass is 9.99. The maximum absolute atomic E-state index is 14.3. The van der Waals surface area contributed by atoms with Gasteiger partial charge >= 0.3 is 5.97 Å². The maximum Gasteiger partial charge on any atom is 0.319 e. The van der Waals surface area contributed by atoms with Gasteiger partial charge in [-0.15, -0.1) is 0 Å². The molecule has 9 nitrogen and oxygen atoms in total. The number of esters is 1. The maximum atomic E-state index is 14.3. The van der Waals surface area contributed by atoms with Gasteiger partial charge < -0.3 is 20.7 Å². The smallest absolute Gasteiger partial charge is 0.319 e. The molecular formula is C22H25FN6O3. The fourth-order valence-corrected chi connectivity index (χ4v) is 3.97. The summed E-state index contributed by atoms with van der Waals surface area (Å²) in [7, 11) is 1.39. The van der Waals surface area contributed by atoms with Gasteiger partial charge in [-0.1, -0.05) is 6.07 Å². The molecular weight excluding hydrogens is 415 g/mol. The number of halogens is 1. The van der Waals surface area contributed by atoms with Gasteiger partial charge in [0.05, 0.1) is 19.9 Å². The summed E-state index contributed by atoms with van der Waals surface area (Å²) in [6.07, 6.45) is 4.87. The highest BCUT2D eigenvalue weighted by Crippen LogP contribution is 2.27. The van der Waals surface area contributed by atoms with Crippen molar-refractivity contribution < 1.29 is 18.7 Å². The summed E-state index contributed by atoms with van der Waals surface area (Å²) in [4.78, 5) is 32.7. The Morgan fingerprint density at radius 1 is 1.22 bits per heavy atom. The van der Waals surface area contributed by atoms with Crippen molar-refractivity contribution in [3.05, 3.63) is 52.7 Å². The minimum absolute atomic E-state index is 0.0480. The lowest BCUT2D eigenvalue weighted by Crippen LogP contribution is -2.35. The molecule has 0 radical (unpaired) electrons. The van der Waals surface area contributed by atoms with Gasteiger partial charge in [-0.2, -0.15) is 4.98 Å². The number of amides is 1. The Kier molecular flexibility index (Phi) is 6.60. The third kappa shape index (κ3) is 5.02. The van der Waals surface area contributed by atoms with Crippen LogP contribution in [0.4, 0.5) is 21.8 Å². The molecule has 1 aliphatic carbocycles. The largest absolute Gasteiger partial charge is 0.468 e. The second-order valence-corrected chi connectivity index (χ2v) is 7.73. The van der Waals surface area contributed by atoms with Crippen LogP contribution in [0.25, 0.3) is 0 Å². The van der Waals surface area contributed by atoms with Crippen LogP contribution in [-0.2, 0) is 27.3 Å². The number of fused-ring (bicyclic) bond motifs is 1. The van der Waals surface area contributed by atoms with Gasteiger partial charge in [-0.05, 0) is 48.9 Å². The van der Waals surface area contributed by atoms with Crippen LogP contribution in [0.2, 0.25) is 0 Å². The van der Waals surface area contributed by atoms with Crippen LogP contribution in [0, 0.1) is 5.82 Å². The van der Waals surface area contributed by atoms with Gasteiger partial charge in [0.1, 0.15) is 0 Å². The first-order valence-corrected chi connectivity index (χ1v) is 10.5. The van der Waals surface area contributed by atoms with Crippen LogP contribution in [0.3, 0.4) is 0 Å². The van der Waals surface area contributed by atoms with Crippen LogP contribution < -0.4 is 16.0 Å². The number of hydrogen-bond donors (Lipinski definition) is 3. The molecule has 0 unspecified atom stereocenters. The Morgan fingerprint density at radius 2 is 2.06 bits per heavy atom. The van der Waals surface area contributed by atoms with E-state index in [1.165, 1.54) is 12.7 Å². The second-order valence-electron chi connectivity index (χ2n) is 7.73. The van der Waals surface area contributed by atoms with Crippen molar-refractivity contribution in [3.8, 4) is 0 Å². The topological polar surface area (TPSA) is 108 Å². The lowest BCUT2D eigenvalue weighted by molar-refractivity contribution is -0.142. The van der Waals surface area contributed by atoms with Crippen LogP contribution >= 0.6 is 0 Å². The average Bonchev–Trinajstić information content (AvgIpc) is 3.22. The Balaban J connectivity index is 1.48. The number of aromatic nitrogens is 2. The van der Waals surface area contributed by atoms with E-state index in [1.807, 2.05) is 23.1 Å². The summed E-state index contributed by atoms with van der Waals surface area (Å²) in [5.74, 6) is -0.540. The number of anilines is 3. The number of rotatable bonds is 8. The monoisotopic (exact) mass is 440 g/mol. The molecule has 32 heavy (non-hydrogen) atoms. The van der Waals surface area contributed by atoms with E-state index in [4.69, 9.17) is 4.74 Å². The molecule has 0 fully saturated rings. The number of benzene rings is 1. The van der Waals surface area contributed by atoms with Crippen molar-refractivity contribution in [2.45, 2.75) is 32.2 Å². The number of nitrogens with one attached hydrogen (secondary N) is 3. The van der Waals surface area contributed by atoms with Crippen LogP contribution in [0.15, 0.2) is 35.8 Å². The van der Waals surface area contributed by atoms with Gasteiger partial charge in [0.15, 0.2) is 11.6 Å². The zero-order valence-corrected chi connectivity index (χ0v) is 17.8. The number of methoxy groups -OCH3 is 1. The van der Waals surface area contributed by atoms with Crippen molar-refractivity contribution in [3.63, 3.8) is 0 Å². The van der Waals surface area contributed by atoms with E-state index in [2.05, 4.69) is 25.9 Å².